The van der Waals surface area contributed by atoms with Gasteiger partial charge in [0, 0.05) is 11.7 Å². The van der Waals surface area contributed by atoms with E-state index in [0.29, 0.717) is 12.5 Å². The minimum Gasteiger partial charge on any atom is -0.359 e. The van der Waals surface area contributed by atoms with Gasteiger partial charge in [-0.15, -0.1) is 0 Å². The zero-order valence-electron chi connectivity index (χ0n) is 11.4. The van der Waals surface area contributed by atoms with Crippen molar-refractivity contribution in [1.29, 1.82) is 5.26 Å². The van der Waals surface area contributed by atoms with Crippen molar-refractivity contribution in [2.75, 3.05) is 5.32 Å². The standard InChI is InChI=1S/C16H19N3S/c17-8-7-11-2-5-14(6-3-11)18-16(20)19-15-10-12-1-4-13(15)9-12/h2-3,5-6,12-13,15H,1,4,7,9-10H2,(H2,18,19,20)/t12-,13-,15-/m1/s1. The van der Waals surface area contributed by atoms with E-state index >= 15 is 0 Å². The summed E-state index contributed by atoms with van der Waals surface area (Å²) in [4.78, 5) is 0. The van der Waals surface area contributed by atoms with Gasteiger partial charge in [-0.1, -0.05) is 18.6 Å². The maximum Gasteiger partial charge on any atom is 0.171 e. The summed E-state index contributed by atoms with van der Waals surface area (Å²) in [6.07, 6.45) is 5.86. The van der Waals surface area contributed by atoms with Crippen molar-refractivity contribution in [2.45, 2.75) is 38.1 Å². The molecule has 104 valence electrons. The summed E-state index contributed by atoms with van der Waals surface area (Å²) < 4.78 is 0. The molecule has 2 fully saturated rings. The van der Waals surface area contributed by atoms with Gasteiger partial charge in [-0.05, 0) is 61.0 Å². The molecule has 2 aliphatic carbocycles. The minimum absolute atomic E-state index is 0.452. The number of rotatable bonds is 3. The summed E-state index contributed by atoms with van der Waals surface area (Å²) in [6.45, 7) is 0. The second-order valence-corrected chi connectivity index (χ2v) is 6.32. The molecule has 1 aromatic carbocycles. The zero-order chi connectivity index (χ0) is 13.9. The molecule has 0 aliphatic heterocycles. The number of fused-ring (bicyclic) bond motifs is 2. The van der Waals surface area contributed by atoms with E-state index < -0.39 is 0 Å². The van der Waals surface area contributed by atoms with Crippen LogP contribution in [-0.2, 0) is 6.42 Å². The van der Waals surface area contributed by atoms with Crippen molar-refractivity contribution in [3.8, 4) is 6.07 Å². The minimum atomic E-state index is 0.452. The predicted molar refractivity (Wildman–Crippen MR) is 84.4 cm³/mol. The van der Waals surface area contributed by atoms with Crippen LogP contribution in [0.3, 0.4) is 0 Å². The lowest BCUT2D eigenvalue weighted by Gasteiger charge is -2.24. The van der Waals surface area contributed by atoms with Crippen molar-refractivity contribution < 1.29 is 0 Å². The molecule has 2 saturated carbocycles. The SMILES string of the molecule is N#CCc1ccc(NC(=S)N[C@@H]2C[C@@H]3CC[C@@H]2C3)cc1. The molecule has 0 amide bonds. The van der Waals surface area contributed by atoms with E-state index in [0.717, 1.165) is 28.2 Å². The quantitative estimate of drug-likeness (QED) is 0.837. The fraction of sp³-hybridized carbons (Fsp3) is 0.500. The van der Waals surface area contributed by atoms with Gasteiger partial charge in [0.05, 0.1) is 12.5 Å². The molecule has 1 aromatic rings. The lowest BCUT2D eigenvalue weighted by Crippen LogP contribution is -2.40. The molecular weight excluding hydrogens is 266 g/mol. The van der Waals surface area contributed by atoms with Gasteiger partial charge in [-0.25, -0.2) is 0 Å². The largest absolute Gasteiger partial charge is 0.359 e. The van der Waals surface area contributed by atoms with Crippen LogP contribution in [0, 0.1) is 23.2 Å². The molecule has 2 aliphatic rings. The Hall–Kier alpha value is -1.60. The summed E-state index contributed by atoms with van der Waals surface area (Å²) in [6, 6.07) is 10.6. The van der Waals surface area contributed by atoms with Crippen LogP contribution in [0.5, 0.6) is 0 Å². The fourth-order valence-electron chi connectivity index (χ4n) is 3.55. The molecule has 0 radical (unpaired) electrons. The van der Waals surface area contributed by atoms with Gasteiger partial charge in [0.15, 0.2) is 5.11 Å². The zero-order valence-corrected chi connectivity index (χ0v) is 12.2. The number of benzene rings is 1. The third-order valence-electron chi connectivity index (χ3n) is 4.55. The second-order valence-electron chi connectivity index (χ2n) is 5.91. The van der Waals surface area contributed by atoms with E-state index in [-0.39, 0.29) is 0 Å². The van der Waals surface area contributed by atoms with Gasteiger partial charge in [0.25, 0.3) is 0 Å². The van der Waals surface area contributed by atoms with E-state index in [9.17, 15) is 0 Å². The van der Waals surface area contributed by atoms with Crippen LogP contribution < -0.4 is 10.6 Å². The molecule has 0 heterocycles. The van der Waals surface area contributed by atoms with Crippen molar-refractivity contribution in [3.63, 3.8) is 0 Å². The maximum atomic E-state index is 8.65. The summed E-state index contributed by atoms with van der Waals surface area (Å²) in [5.41, 5.74) is 2.01. The number of anilines is 1. The first-order valence-corrected chi connectivity index (χ1v) is 7.69. The summed E-state index contributed by atoms with van der Waals surface area (Å²) >= 11 is 5.40. The van der Waals surface area contributed by atoms with Crippen LogP contribution in [-0.4, -0.2) is 11.2 Å². The average molecular weight is 285 g/mol. The molecule has 0 aromatic heterocycles. The molecule has 3 rings (SSSR count). The Kier molecular flexibility index (Phi) is 3.88. The van der Waals surface area contributed by atoms with E-state index in [1.165, 1.54) is 25.7 Å². The number of hydrogen-bond acceptors (Lipinski definition) is 2. The Morgan fingerprint density at radius 1 is 1.25 bits per heavy atom. The lowest BCUT2D eigenvalue weighted by atomic mass is 9.96. The Morgan fingerprint density at radius 3 is 2.65 bits per heavy atom. The first-order chi connectivity index (χ1) is 9.74. The molecule has 2 N–H and O–H groups in total. The van der Waals surface area contributed by atoms with Crippen molar-refractivity contribution in [1.82, 2.24) is 5.32 Å². The highest BCUT2D eigenvalue weighted by atomic mass is 32.1. The summed E-state index contributed by atoms with van der Waals surface area (Å²) in [7, 11) is 0. The van der Waals surface area contributed by atoms with Gasteiger partial charge in [-0.2, -0.15) is 5.26 Å². The number of hydrogen-bond donors (Lipinski definition) is 2. The molecule has 3 nitrogen and oxygen atoms in total. The molecule has 0 unspecified atom stereocenters. The Bertz CT molecular complexity index is 532. The topological polar surface area (TPSA) is 47.9 Å². The Labute approximate surface area is 125 Å². The van der Waals surface area contributed by atoms with E-state index in [1.807, 2.05) is 24.3 Å². The molecule has 0 spiro atoms. The second kappa shape index (κ2) is 5.80. The summed E-state index contributed by atoms with van der Waals surface area (Å²) in [5, 5.41) is 16.1. The highest BCUT2D eigenvalue weighted by molar-refractivity contribution is 7.80. The smallest absolute Gasteiger partial charge is 0.171 e. The molecule has 0 saturated heterocycles. The van der Waals surface area contributed by atoms with Crippen molar-refractivity contribution in [3.05, 3.63) is 29.8 Å². The lowest BCUT2D eigenvalue weighted by molar-refractivity contribution is 0.392. The van der Waals surface area contributed by atoms with Gasteiger partial charge < -0.3 is 10.6 Å². The monoisotopic (exact) mass is 285 g/mol. The number of nitrogens with zero attached hydrogens (tertiary/aromatic N) is 1. The fourth-order valence-corrected chi connectivity index (χ4v) is 3.82. The van der Waals surface area contributed by atoms with Crippen LogP contribution in [0.2, 0.25) is 0 Å². The van der Waals surface area contributed by atoms with Crippen LogP contribution in [0.1, 0.15) is 31.2 Å². The van der Waals surface area contributed by atoms with E-state index in [2.05, 4.69) is 16.7 Å². The van der Waals surface area contributed by atoms with Crippen LogP contribution in [0.15, 0.2) is 24.3 Å². The Morgan fingerprint density at radius 2 is 2.05 bits per heavy atom. The highest BCUT2D eigenvalue weighted by Crippen LogP contribution is 2.44. The maximum absolute atomic E-state index is 8.65. The van der Waals surface area contributed by atoms with E-state index in [1.54, 1.807) is 0 Å². The van der Waals surface area contributed by atoms with Gasteiger partial charge >= 0.3 is 0 Å². The van der Waals surface area contributed by atoms with Crippen LogP contribution in [0.4, 0.5) is 5.69 Å². The predicted octanol–water partition coefficient (Wildman–Crippen LogP) is 3.23. The third-order valence-corrected chi connectivity index (χ3v) is 4.77. The van der Waals surface area contributed by atoms with Crippen molar-refractivity contribution >= 4 is 23.0 Å². The van der Waals surface area contributed by atoms with Crippen LogP contribution >= 0.6 is 12.2 Å². The van der Waals surface area contributed by atoms with Gasteiger partial charge in [0.1, 0.15) is 0 Å². The Balaban J connectivity index is 1.52. The van der Waals surface area contributed by atoms with E-state index in [4.69, 9.17) is 17.5 Å². The first-order valence-electron chi connectivity index (χ1n) is 7.28. The number of nitriles is 1. The molecule has 2 bridgehead atoms. The highest BCUT2D eigenvalue weighted by Gasteiger charge is 2.39. The molecular formula is C16H19N3S. The van der Waals surface area contributed by atoms with Gasteiger partial charge in [-0.3, -0.25) is 0 Å². The van der Waals surface area contributed by atoms with Crippen LogP contribution in [0.25, 0.3) is 0 Å². The average Bonchev–Trinajstić information content (AvgIpc) is 3.03. The number of thiocarbonyl (C=S) groups is 1. The normalized spacial score (nSPS) is 27.1. The third kappa shape index (κ3) is 2.94. The first kappa shape index (κ1) is 13.4. The van der Waals surface area contributed by atoms with Crippen molar-refractivity contribution in [2.24, 2.45) is 11.8 Å². The summed E-state index contributed by atoms with van der Waals surface area (Å²) in [5.74, 6) is 1.74. The molecule has 20 heavy (non-hydrogen) atoms. The number of nitrogens with one attached hydrogen (secondary N) is 2. The van der Waals surface area contributed by atoms with Gasteiger partial charge in [0.2, 0.25) is 0 Å². The molecule has 4 heteroatoms. The molecule has 3 atom stereocenters.